The third-order valence-corrected chi connectivity index (χ3v) is 11.2. The van der Waals surface area contributed by atoms with Crippen molar-refractivity contribution in [3.63, 3.8) is 0 Å². The Bertz CT molecular complexity index is 2860. The van der Waals surface area contributed by atoms with Gasteiger partial charge < -0.3 is 4.42 Å². The van der Waals surface area contributed by atoms with Crippen LogP contribution in [0.3, 0.4) is 0 Å². The first-order valence-electron chi connectivity index (χ1n) is 20.9. The average molecular weight is 728 g/mol. The highest BCUT2D eigenvalue weighted by molar-refractivity contribution is 6.09. The van der Waals surface area contributed by atoms with Crippen molar-refractivity contribution < 1.29 is 13.1 Å². The molecule has 55 heavy (non-hydrogen) atoms. The van der Waals surface area contributed by atoms with E-state index in [2.05, 4.69) is 187 Å². The summed E-state index contributed by atoms with van der Waals surface area (Å²) in [5, 5.41) is 1.68. The fourth-order valence-corrected chi connectivity index (χ4v) is 7.96. The summed E-state index contributed by atoms with van der Waals surface area (Å²) in [6, 6.07) is 39.0. The van der Waals surface area contributed by atoms with Crippen molar-refractivity contribution in [2.45, 2.75) is 92.3 Å². The quantitative estimate of drug-likeness (QED) is 0.169. The number of rotatable bonds is 4. The lowest BCUT2D eigenvalue weighted by Crippen LogP contribution is -2.30. The second kappa shape index (κ2) is 12.8. The number of benzene rings is 5. The predicted octanol–water partition coefficient (Wildman–Crippen LogP) is 13.3. The van der Waals surface area contributed by atoms with Crippen LogP contribution in [0.5, 0.6) is 0 Å². The SMILES string of the molecule is [2H]C([2H])([2H])c1ccc2c(n1)oc1c(-c3n(-c4ccc(-c5ccc(-c6cc(C(C)(C)C)cc(C(C)(C)C)c6)cc5)cc4C(C)(C)C)c4ccccc4[n+]3C)c(C)ccc12. The Kier molecular flexibility index (Phi) is 7.66. The molecule has 0 bridgehead atoms. The fourth-order valence-electron chi connectivity index (χ4n) is 7.96. The third-order valence-electron chi connectivity index (χ3n) is 11.2. The zero-order valence-electron chi connectivity index (χ0n) is 37.1. The van der Waals surface area contributed by atoms with E-state index in [0.717, 1.165) is 50.0 Å². The Balaban J connectivity index is 1.30. The van der Waals surface area contributed by atoms with Crippen molar-refractivity contribution in [1.29, 1.82) is 0 Å². The topological polar surface area (TPSA) is 34.8 Å². The lowest BCUT2D eigenvalue weighted by molar-refractivity contribution is -0.633. The number of hydrogen-bond donors (Lipinski definition) is 0. The molecule has 0 saturated carbocycles. The molecule has 0 saturated heterocycles. The molecule has 0 aliphatic carbocycles. The summed E-state index contributed by atoms with van der Waals surface area (Å²) in [7, 11) is 2.11. The van der Waals surface area contributed by atoms with E-state index in [9.17, 15) is 0 Å². The van der Waals surface area contributed by atoms with Crippen molar-refractivity contribution in [1.82, 2.24) is 9.55 Å². The summed E-state index contributed by atoms with van der Waals surface area (Å²) in [6.07, 6.45) is 0. The number of imidazole rings is 1. The van der Waals surface area contributed by atoms with Gasteiger partial charge in [0.25, 0.3) is 5.82 Å². The van der Waals surface area contributed by atoms with Crippen LogP contribution in [0, 0.1) is 13.8 Å². The van der Waals surface area contributed by atoms with Crippen LogP contribution in [0.25, 0.3) is 72.4 Å². The molecule has 0 unspecified atom stereocenters. The standard InChI is InChI=1S/C51H54N3O/c1-31-17-24-39-40-25-18-32(2)52-47(40)55-46(39)45(31)48-53(12)43-15-13-14-16-44(43)54(48)42-26-23-35(29-41(42)51(9,10)11)33-19-21-34(22-20-33)36-27-37(49(3,4)5)30-38(28-36)50(6,7)8/h13-30H,1-12H3/q+1/i2D3. The zero-order chi connectivity index (χ0) is 41.7. The Morgan fingerprint density at radius 2 is 1.25 bits per heavy atom. The Labute approximate surface area is 330 Å². The lowest BCUT2D eigenvalue weighted by atomic mass is 9.79. The molecule has 8 aromatic rings. The Morgan fingerprint density at radius 1 is 0.636 bits per heavy atom. The van der Waals surface area contributed by atoms with Gasteiger partial charge in [0, 0.05) is 26.1 Å². The van der Waals surface area contributed by atoms with Gasteiger partial charge in [-0.05, 0) is 105 Å². The Morgan fingerprint density at radius 3 is 1.89 bits per heavy atom. The maximum absolute atomic E-state index is 7.97. The molecule has 0 radical (unpaired) electrons. The number of furan rings is 1. The van der Waals surface area contributed by atoms with Gasteiger partial charge in [0.1, 0.15) is 11.3 Å². The highest BCUT2D eigenvalue weighted by Crippen LogP contribution is 2.42. The summed E-state index contributed by atoms with van der Waals surface area (Å²) < 4.78 is 35.1. The van der Waals surface area contributed by atoms with E-state index in [1.54, 1.807) is 6.07 Å². The second-order valence-corrected chi connectivity index (χ2v) is 18.4. The molecule has 3 aromatic heterocycles. The fraction of sp³-hybridized carbons (Fsp3) is 0.294. The van der Waals surface area contributed by atoms with Gasteiger partial charge in [0.05, 0.1) is 7.05 Å². The summed E-state index contributed by atoms with van der Waals surface area (Å²) >= 11 is 0. The van der Waals surface area contributed by atoms with Gasteiger partial charge in [0.2, 0.25) is 5.71 Å². The first kappa shape index (κ1) is 32.9. The highest BCUT2D eigenvalue weighted by atomic mass is 16.3. The van der Waals surface area contributed by atoms with Gasteiger partial charge in [-0.3, -0.25) is 0 Å². The van der Waals surface area contributed by atoms with Crippen LogP contribution in [0.1, 0.15) is 94.4 Å². The van der Waals surface area contributed by atoms with Crippen molar-refractivity contribution >= 4 is 33.1 Å². The van der Waals surface area contributed by atoms with E-state index < -0.39 is 6.85 Å². The number of para-hydroxylation sites is 2. The van der Waals surface area contributed by atoms with Gasteiger partial charge in [-0.2, -0.15) is 4.57 Å². The van der Waals surface area contributed by atoms with Crippen LogP contribution in [-0.2, 0) is 23.3 Å². The van der Waals surface area contributed by atoms with E-state index in [0.29, 0.717) is 11.3 Å². The summed E-state index contributed by atoms with van der Waals surface area (Å²) in [5.74, 6) is 0.967. The molecule has 0 atom stereocenters. The highest BCUT2D eigenvalue weighted by Gasteiger charge is 2.33. The van der Waals surface area contributed by atoms with E-state index in [4.69, 9.17) is 8.53 Å². The number of aryl methyl sites for hydroxylation is 3. The lowest BCUT2D eigenvalue weighted by Gasteiger charge is -2.26. The molecule has 278 valence electrons. The normalized spacial score (nSPS) is 13.8. The van der Waals surface area contributed by atoms with Crippen LogP contribution in [-0.4, -0.2) is 9.55 Å². The minimum absolute atomic E-state index is 0.0194. The first-order chi connectivity index (χ1) is 27.1. The number of fused-ring (bicyclic) bond motifs is 4. The Hall–Kier alpha value is -5.48. The number of hydrogen-bond acceptors (Lipinski definition) is 2. The van der Waals surface area contributed by atoms with Crippen LogP contribution < -0.4 is 4.57 Å². The molecule has 0 fully saturated rings. The van der Waals surface area contributed by atoms with E-state index >= 15 is 0 Å². The predicted molar refractivity (Wildman–Crippen MR) is 231 cm³/mol. The zero-order valence-corrected chi connectivity index (χ0v) is 34.1. The molecule has 0 aliphatic heterocycles. The molecular weight excluding hydrogens is 671 g/mol. The van der Waals surface area contributed by atoms with Crippen molar-refractivity contribution in [3.8, 4) is 39.3 Å². The van der Waals surface area contributed by atoms with Gasteiger partial charge in [-0.15, -0.1) is 0 Å². The number of pyridine rings is 1. The van der Waals surface area contributed by atoms with Gasteiger partial charge in [-0.1, -0.05) is 135 Å². The average Bonchev–Trinajstić information content (AvgIpc) is 3.67. The number of nitrogens with zero attached hydrogens (tertiary/aromatic N) is 3. The van der Waals surface area contributed by atoms with E-state index in [1.807, 2.05) is 6.07 Å². The smallest absolute Gasteiger partial charge is 0.298 e. The minimum atomic E-state index is -2.34. The van der Waals surface area contributed by atoms with Crippen LogP contribution in [0.2, 0.25) is 0 Å². The molecule has 4 nitrogen and oxygen atoms in total. The molecule has 8 rings (SSSR count). The largest absolute Gasteiger partial charge is 0.437 e. The molecule has 0 amide bonds. The third kappa shape index (κ3) is 6.36. The van der Waals surface area contributed by atoms with Crippen LogP contribution >= 0.6 is 0 Å². The van der Waals surface area contributed by atoms with Crippen molar-refractivity contribution in [2.75, 3.05) is 0 Å². The van der Waals surface area contributed by atoms with Gasteiger partial charge >= 0.3 is 0 Å². The second-order valence-electron chi connectivity index (χ2n) is 18.4. The summed E-state index contributed by atoms with van der Waals surface area (Å²) in [5.41, 5.74) is 14.8. The minimum Gasteiger partial charge on any atom is -0.437 e. The van der Waals surface area contributed by atoms with Crippen molar-refractivity contribution in [2.24, 2.45) is 7.05 Å². The molecule has 5 aromatic carbocycles. The first-order valence-corrected chi connectivity index (χ1v) is 19.4. The number of aromatic nitrogens is 3. The van der Waals surface area contributed by atoms with Gasteiger partial charge in [0.15, 0.2) is 16.6 Å². The van der Waals surface area contributed by atoms with Crippen LogP contribution in [0.4, 0.5) is 0 Å². The van der Waals surface area contributed by atoms with Gasteiger partial charge in [-0.25, -0.2) is 9.55 Å². The summed E-state index contributed by atoms with van der Waals surface area (Å²) in [6.45, 7) is 20.3. The monoisotopic (exact) mass is 727 g/mol. The van der Waals surface area contributed by atoms with E-state index in [1.165, 1.54) is 33.4 Å². The molecule has 3 heterocycles. The maximum Gasteiger partial charge on any atom is 0.298 e. The maximum atomic E-state index is 7.97. The molecule has 4 heteroatoms. The van der Waals surface area contributed by atoms with E-state index in [-0.39, 0.29) is 21.9 Å². The molecule has 0 aliphatic rings. The molecule has 0 spiro atoms. The molecular formula is C51H54N3O+. The van der Waals surface area contributed by atoms with Crippen molar-refractivity contribution in [3.05, 3.63) is 137 Å². The van der Waals surface area contributed by atoms with Crippen LogP contribution in [0.15, 0.2) is 114 Å². The molecule has 0 N–H and O–H groups in total. The summed E-state index contributed by atoms with van der Waals surface area (Å²) in [4.78, 5) is 4.49.